The van der Waals surface area contributed by atoms with Gasteiger partial charge < -0.3 is 5.32 Å². The lowest BCUT2D eigenvalue weighted by atomic mass is 10.4. The minimum absolute atomic E-state index is 0. The Hall–Kier alpha value is -1.86. The van der Waals surface area contributed by atoms with Gasteiger partial charge in [0.25, 0.3) is 0 Å². The fourth-order valence-corrected chi connectivity index (χ4v) is 2.69. The Labute approximate surface area is 138 Å². The topological polar surface area (TPSA) is 47.7 Å². The molecule has 3 rings (SSSR count). The van der Waals surface area contributed by atoms with Crippen LogP contribution < -0.4 is 5.32 Å². The summed E-state index contributed by atoms with van der Waals surface area (Å²) in [6, 6.07) is 3.27. The van der Waals surface area contributed by atoms with Gasteiger partial charge in [-0.2, -0.15) is 14.6 Å². The van der Waals surface area contributed by atoms with Crippen LogP contribution in [-0.2, 0) is 19.6 Å². The standard InChI is InChI=1S/C14H16FN5S.ClH/c1-2-19-8-11(5-17-19)9-20-10-12(6-18-20)16-7-13-3-4-14(15)21-13;/h3-6,8,10,16H,2,7,9H2,1H3;1H. The fourth-order valence-electron chi connectivity index (χ4n) is 2.03. The summed E-state index contributed by atoms with van der Waals surface area (Å²) in [6.07, 6.45) is 7.58. The van der Waals surface area contributed by atoms with E-state index in [9.17, 15) is 4.39 Å². The highest BCUT2D eigenvalue weighted by molar-refractivity contribution is 7.10. The molecule has 0 saturated heterocycles. The molecule has 3 aromatic rings. The Morgan fingerprint density at radius 1 is 1.18 bits per heavy atom. The van der Waals surface area contributed by atoms with Crippen molar-refractivity contribution >= 4 is 29.4 Å². The van der Waals surface area contributed by atoms with Gasteiger partial charge in [-0.3, -0.25) is 9.36 Å². The molecule has 0 aromatic carbocycles. The van der Waals surface area contributed by atoms with Crippen molar-refractivity contribution in [3.05, 3.63) is 52.5 Å². The van der Waals surface area contributed by atoms with E-state index < -0.39 is 0 Å². The quantitative estimate of drug-likeness (QED) is 0.747. The van der Waals surface area contributed by atoms with Crippen molar-refractivity contribution in [1.29, 1.82) is 0 Å². The van der Waals surface area contributed by atoms with Gasteiger partial charge in [0.15, 0.2) is 5.13 Å². The fraction of sp³-hybridized carbons (Fsp3) is 0.286. The summed E-state index contributed by atoms with van der Waals surface area (Å²) in [5.74, 6) is 0. The molecule has 0 radical (unpaired) electrons. The maximum Gasteiger partial charge on any atom is 0.176 e. The van der Waals surface area contributed by atoms with Crippen molar-refractivity contribution in [2.45, 2.75) is 26.6 Å². The molecule has 3 aromatic heterocycles. The van der Waals surface area contributed by atoms with E-state index in [0.717, 1.165) is 34.0 Å². The van der Waals surface area contributed by atoms with Crippen LogP contribution in [0.4, 0.5) is 10.1 Å². The first kappa shape index (κ1) is 16.5. The summed E-state index contributed by atoms with van der Waals surface area (Å²) in [6.45, 7) is 4.22. The number of nitrogens with zero attached hydrogens (tertiary/aromatic N) is 4. The third-order valence-electron chi connectivity index (χ3n) is 3.08. The first-order chi connectivity index (χ1) is 10.2. The first-order valence-electron chi connectivity index (χ1n) is 6.75. The van der Waals surface area contributed by atoms with Gasteiger partial charge in [-0.25, -0.2) is 0 Å². The number of thiophene rings is 1. The summed E-state index contributed by atoms with van der Waals surface area (Å²) in [5, 5.41) is 11.6. The molecular weight excluding hydrogens is 325 g/mol. The lowest BCUT2D eigenvalue weighted by Crippen LogP contribution is -1.99. The van der Waals surface area contributed by atoms with Gasteiger partial charge in [-0.05, 0) is 19.1 Å². The molecule has 3 heterocycles. The zero-order valence-corrected chi connectivity index (χ0v) is 13.7. The number of aryl methyl sites for hydroxylation is 1. The van der Waals surface area contributed by atoms with Gasteiger partial charge in [0, 0.05) is 35.9 Å². The Kier molecular flexibility index (Phi) is 5.57. The molecule has 0 aliphatic heterocycles. The third-order valence-corrected chi connectivity index (χ3v) is 3.96. The van der Waals surface area contributed by atoms with Crippen LogP contribution in [-0.4, -0.2) is 19.6 Å². The molecule has 0 fully saturated rings. The molecule has 0 amide bonds. The van der Waals surface area contributed by atoms with Crippen LogP contribution in [0.25, 0.3) is 0 Å². The summed E-state index contributed by atoms with van der Waals surface area (Å²) < 4.78 is 16.6. The minimum Gasteiger partial charge on any atom is -0.378 e. The smallest absolute Gasteiger partial charge is 0.176 e. The van der Waals surface area contributed by atoms with E-state index >= 15 is 0 Å². The average molecular weight is 342 g/mol. The maximum absolute atomic E-state index is 12.9. The van der Waals surface area contributed by atoms with E-state index in [1.807, 2.05) is 28.0 Å². The zero-order chi connectivity index (χ0) is 14.7. The van der Waals surface area contributed by atoms with Gasteiger partial charge >= 0.3 is 0 Å². The highest BCUT2D eigenvalue weighted by Gasteiger charge is 2.03. The average Bonchev–Trinajstić information content (AvgIpc) is 3.19. The molecule has 0 aliphatic rings. The van der Waals surface area contributed by atoms with Crippen molar-refractivity contribution < 1.29 is 4.39 Å². The van der Waals surface area contributed by atoms with E-state index in [-0.39, 0.29) is 17.5 Å². The number of anilines is 1. The zero-order valence-electron chi connectivity index (χ0n) is 12.1. The predicted octanol–water partition coefficient (Wildman–Crippen LogP) is 3.38. The summed E-state index contributed by atoms with van der Waals surface area (Å²) in [5.41, 5.74) is 2.04. The lowest BCUT2D eigenvalue weighted by Gasteiger charge is -2.00. The van der Waals surface area contributed by atoms with Crippen LogP contribution in [0.2, 0.25) is 0 Å². The number of aromatic nitrogens is 4. The van der Waals surface area contributed by atoms with E-state index in [1.54, 1.807) is 12.3 Å². The lowest BCUT2D eigenvalue weighted by molar-refractivity contribution is 0.654. The summed E-state index contributed by atoms with van der Waals surface area (Å²) in [4.78, 5) is 0.962. The van der Waals surface area contributed by atoms with Gasteiger partial charge in [0.05, 0.1) is 24.6 Å². The Balaban J connectivity index is 0.00000176. The van der Waals surface area contributed by atoms with Crippen LogP contribution in [0, 0.1) is 5.13 Å². The van der Waals surface area contributed by atoms with Crippen LogP contribution in [0.1, 0.15) is 17.4 Å². The molecule has 22 heavy (non-hydrogen) atoms. The predicted molar refractivity (Wildman–Crippen MR) is 88.1 cm³/mol. The van der Waals surface area contributed by atoms with Gasteiger partial charge in [-0.1, -0.05) is 0 Å². The Bertz CT molecular complexity index is 720. The van der Waals surface area contributed by atoms with Crippen LogP contribution in [0.3, 0.4) is 0 Å². The molecule has 118 valence electrons. The van der Waals surface area contributed by atoms with E-state index in [0.29, 0.717) is 13.1 Å². The Morgan fingerprint density at radius 2 is 2.00 bits per heavy atom. The van der Waals surface area contributed by atoms with Crippen LogP contribution >= 0.6 is 23.7 Å². The van der Waals surface area contributed by atoms with Crippen molar-refractivity contribution in [2.75, 3.05) is 5.32 Å². The first-order valence-corrected chi connectivity index (χ1v) is 7.56. The van der Waals surface area contributed by atoms with Crippen molar-refractivity contribution in [2.24, 2.45) is 0 Å². The number of nitrogens with one attached hydrogen (secondary N) is 1. The normalized spacial score (nSPS) is 10.5. The van der Waals surface area contributed by atoms with E-state index in [4.69, 9.17) is 0 Å². The molecule has 0 aliphatic carbocycles. The SMILES string of the molecule is CCn1cc(Cn2cc(NCc3ccc(F)s3)cn2)cn1.Cl. The molecule has 0 saturated carbocycles. The van der Waals surface area contributed by atoms with Gasteiger partial charge in [0.2, 0.25) is 0 Å². The minimum atomic E-state index is -0.157. The second-order valence-corrected chi connectivity index (χ2v) is 5.81. The van der Waals surface area contributed by atoms with Crippen molar-refractivity contribution in [3.8, 4) is 0 Å². The molecular formula is C14H17ClFN5S. The molecule has 8 heteroatoms. The Morgan fingerprint density at radius 3 is 2.68 bits per heavy atom. The number of halogens is 2. The van der Waals surface area contributed by atoms with Gasteiger partial charge in [-0.15, -0.1) is 23.7 Å². The third kappa shape index (κ3) is 4.08. The molecule has 0 spiro atoms. The van der Waals surface area contributed by atoms with Gasteiger partial charge in [0.1, 0.15) is 0 Å². The van der Waals surface area contributed by atoms with Crippen molar-refractivity contribution in [1.82, 2.24) is 19.6 Å². The second-order valence-electron chi connectivity index (χ2n) is 4.69. The molecule has 0 bridgehead atoms. The van der Waals surface area contributed by atoms with Crippen LogP contribution in [0.15, 0.2) is 36.9 Å². The van der Waals surface area contributed by atoms with E-state index in [2.05, 4.69) is 22.4 Å². The maximum atomic E-state index is 12.9. The highest BCUT2D eigenvalue weighted by Crippen LogP contribution is 2.16. The molecule has 5 nitrogen and oxygen atoms in total. The monoisotopic (exact) mass is 341 g/mol. The molecule has 1 N–H and O–H groups in total. The number of hydrogen-bond donors (Lipinski definition) is 1. The number of rotatable bonds is 6. The largest absolute Gasteiger partial charge is 0.378 e. The van der Waals surface area contributed by atoms with Crippen LogP contribution in [0.5, 0.6) is 0 Å². The van der Waals surface area contributed by atoms with Crippen molar-refractivity contribution in [3.63, 3.8) is 0 Å². The highest BCUT2D eigenvalue weighted by atomic mass is 35.5. The molecule has 0 atom stereocenters. The molecule has 0 unspecified atom stereocenters. The number of hydrogen-bond acceptors (Lipinski definition) is 4. The summed E-state index contributed by atoms with van der Waals surface area (Å²) in [7, 11) is 0. The van der Waals surface area contributed by atoms with E-state index in [1.165, 1.54) is 6.07 Å². The second kappa shape index (κ2) is 7.42. The summed E-state index contributed by atoms with van der Waals surface area (Å²) >= 11 is 1.15.